The van der Waals surface area contributed by atoms with Gasteiger partial charge in [0.25, 0.3) is 11.8 Å². The van der Waals surface area contributed by atoms with Crippen molar-refractivity contribution in [2.24, 2.45) is 0 Å². The van der Waals surface area contributed by atoms with Crippen molar-refractivity contribution < 1.29 is 45.4 Å². The van der Waals surface area contributed by atoms with E-state index in [0.717, 1.165) is 11.0 Å². The molecule has 3 rings (SSSR count). The Morgan fingerprint density at radius 3 is 2.15 bits per heavy atom. The van der Waals surface area contributed by atoms with E-state index in [9.17, 15) is 45.4 Å². The van der Waals surface area contributed by atoms with Crippen LogP contribution in [-0.2, 0) is 5.41 Å². The van der Waals surface area contributed by atoms with Crippen LogP contribution in [0.3, 0.4) is 0 Å². The van der Waals surface area contributed by atoms with Gasteiger partial charge in [-0.1, -0.05) is 35.3 Å². The van der Waals surface area contributed by atoms with Gasteiger partial charge in [-0.15, -0.1) is 11.3 Å². The quantitative estimate of drug-likeness (QED) is 0.331. The van der Waals surface area contributed by atoms with Crippen LogP contribution in [0.1, 0.15) is 66.9 Å². The average molecular weight is 652 g/mol. The minimum atomic E-state index is -5.80. The number of amides is 2. The molecule has 2 amide bonds. The summed E-state index contributed by atoms with van der Waals surface area (Å²) in [4.78, 5) is 31.4. The summed E-state index contributed by atoms with van der Waals surface area (Å²) >= 11 is 12.9. The van der Waals surface area contributed by atoms with E-state index >= 15 is 0 Å². The van der Waals surface area contributed by atoms with Gasteiger partial charge in [0.05, 0.1) is 27.1 Å². The molecule has 0 radical (unpaired) electrons. The molecule has 1 aliphatic heterocycles. The molecule has 16 heteroatoms. The summed E-state index contributed by atoms with van der Waals surface area (Å²) in [6, 6.07) is 0.735. The van der Waals surface area contributed by atoms with Crippen molar-refractivity contribution >= 4 is 46.4 Å². The molecular formula is C25H26Cl2F7N3O3S. The van der Waals surface area contributed by atoms with Crippen molar-refractivity contribution in [3.05, 3.63) is 38.4 Å². The molecule has 6 nitrogen and oxygen atoms in total. The number of carbonyl (C=O) groups excluding carboxylic acids is 2. The van der Waals surface area contributed by atoms with Gasteiger partial charge >= 0.3 is 12.4 Å². The van der Waals surface area contributed by atoms with Gasteiger partial charge in [-0.25, -0.2) is 9.37 Å². The number of nitrogens with one attached hydrogen (secondary N) is 1. The number of halogens is 9. The van der Waals surface area contributed by atoms with Gasteiger partial charge in [0, 0.05) is 24.6 Å². The Labute approximate surface area is 244 Å². The number of hydrogen-bond donors (Lipinski definition) is 2. The van der Waals surface area contributed by atoms with E-state index in [0.29, 0.717) is 17.4 Å². The number of likely N-dealkylation sites (tertiary alicyclic amines) is 1. The first-order valence-corrected chi connectivity index (χ1v) is 13.6. The molecule has 0 aliphatic carbocycles. The van der Waals surface area contributed by atoms with Crippen LogP contribution in [-0.4, -0.2) is 69.6 Å². The average Bonchev–Trinajstić information content (AvgIpc) is 3.36. The largest absolute Gasteiger partial charge is 0.406 e. The van der Waals surface area contributed by atoms with Gasteiger partial charge in [-0.05, 0) is 40.2 Å². The second-order valence-corrected chi connectivity index (χ2v) is 12.8. The highest BCUT2D eigenvalue weighted by Crippen LogP contribution is 2.55. The number of aromatic nitrogens is 1. The Balaban J connectivity index is 2.20. The summed E-state index contributed by atoms with van der Waals surface area (Å²) < 4.78 is 97.1. The normalized spacial score (nSPS) is 20.5. The number of rotatable bonds is 6. The molecule has 2 N–H and O–H groups in total. The Kier molecular flexibility index (Phi) is 8.81. The fourth-order valence-corrected chi connectivity index (χ4v) is 6.08. The summed E-state index contributed by atoms with van der Waals surface area (Å²) in [7, 11) is 0. The smallest absolute Gasteiger partial charge is 0.389 e. The Bertz CT molecular complexity index is 1340. The number of carbonyl (C=O) groups is 2. The van der Waals surface area contributed by atoms with Gasteiger partial charge in [0.2, 0.25) is 0 Å². The van der Waals surface area contributed by atoms with Crippen LogP contribution in [0.5, 0.6) is 0 Å². The topological polar surface area (TPSA) is 82.5 Å². The molecule has 1 aliphatic rings. The second-order valence-electron chi connectivity index (χ2n) is 11.0. The SMILES string of the molecule is C[C@H]1CC(C)(F)CN1C(=O)c1nc(C(=O)NCC(C)(C)O)sc1-c1ccc(C(C)(C(F)(F)F)C(F)(F)F)c(Cl)c1Cl. The molecule has 1 fully saturated rings. The van der Waals surface area contributed by atoms with Gasteiger partial charge in [0.1, 0.15) is 11.4 Å². The van der Waals surface area contributed by atoms with E-state index in [2.05, 4.69) is 10.3 Å². The fourth-order valence-electron chi connectivity index (χ4n) is 4.40. The van der Waals surface area contributed by atoms with E-state index in [1.54, 1.807) is 6.92 Å². The Hall–Kier alpha value is -2.16. The Morgan fingerprint density at radius 2 is 1.68 bits per heavy atom. The second kappa shape index (κ2) is 10.8. The maximum atomic E-state index is 14.7. The first-order chi connectivity index (χ1) is 18.4. The van der Waals surface area contributed by atoms with Crippen LogP contribution in [0.15, 0.2) is 12.1 Å². The summed E-state index contributed by atoms with van der Waals surface area (Å²) in [5.41, 5.74) is -9.49. The predicted molar refractivity (Wildman–Crippen MR) is 140 cm³/mol. The van der Waals surface area contributed by atoms with Gasteiger partial charge in [-0.3, -0.25) is 9.59 Å². The summed E-state index contributed by atoms with van der Waals surface area (Å²) in [6.07, 6.45) is -11.6. The molecular weight excluding hydrogens is 626 g/mol. The van der Waals surface area contributed by atoms with Crippen molar-refractivity contribution in [1.29, 1.82) is 0 Å². The van der Waals surface area contributed by atoms with Crippen LogP contribution in [0, 0.1) is 0 Å². The lowest BCUT2D eigenvalue weighted by Gasteiger charge is -2.35. The molecule has 0 bridgehead atoms. The van der Waals surface area contributed by atoms with Crippen molar-refractivity contribution in [3.63, 3.8) is 0 Å². The lowest BCUT2D eigenvalue weighted by molar-refractivity contribution is -0.297. The molecule has 0 spiro atoms. The first-order valence-electron chi connectivity index (χ1n) is 12.0. The third-order valence-corrected chi connectivity index (χ3v) is 8.69. The summed E-state index contributed by atoms with van der Waals surface area (Å²) in [5.74, 6) is -1.67. The van der Waals surface area contributed by atoms with Gasteiger partial charge in [0.15, 0.2) is 10.4 Å². The van der Waals surface area contributed by atoms with E-state index < -0.39 is 68.2 Å². The van der Waals surface area contributed by atoms with E-state index in [1.165, 1.54) is 20.8 Å². The maximum Gasteiger partial charge on any atom is 0.406 e. The summed E-state index contributed by atoms with van der Waals surface area (Å²) in [5, 5.41) is 10.2. The van der Waals surface area contributed by atoms with Crippen LogP contribution >= 0.6 is 34.5 Å². The van der Waals surface area contributed by atoms with Gasteiger partial charge in [-0.2, -0.15) is 26.3 Å². The van der Waals surface area contributed by atoms with Crippen molar-refractivity contribution in [2.45, 2.75) is 76.1 Å². The highest BCUT2D eigenvalue weighted by molar-refractivity contribution is 7.17. The number of thiazole rings is 1. The van der Waals surface area contributed by atoms with Crippen LogP contribution in [0.2, 0.25) is 10.0 Å². The molecule has 0 saturated carbocycles. The molecule has 2 heterocycles. The zero-order valence-electron chi connectivity index (χ0n) is 22.3. The first kappa shape index (κ1) is 33.3. The zero-order valence-corrected chi connectivity index (χ0v) is 24.6. The van der Waals surface area contributed by atoms with Crippen LogP contribution in [0.25, 0.3) is 10.4 Å². The van der Waals surface area contributed by atoms with E-state index in [-0.39, 0.29) is 41.9 Å². The third kappa shape index (κ3) is 6.45. The van der Waals surface area contributed by atoms with Crippen LogP contribution < -0.4 is 5.32 Å². The number of aliphatic hydroxyl groups is 1. The molecule has 1 aromatic carbocycles. The highest BCUT2D eigenvalue weighted by atomic mass is 35.5. The van der Waals surface area contributed by atoms with Crippen molar-refractivity contribution in [3.8, 4) is 10.4 Å². The van der Waals surface area contributed by atoms with Gasteiger partial charge < -0.3 is 15.3 Å². The number of benzene rings is 1. The molecule has 1 saturated heterocycles. The lowest BCUT2D eigenvalue weighted by Crippen LogP contribution is -2.51. The standard InChI is InChI=1S/C25H26Cl2F7N3O3S/c1-11-8-22(4,28)10-37(11)20(39)16-17(41-19(36-16)18(38)35-9-21(2,3)40)12-6-7-13(15(27)14(12)26)23(5,24(29,30)31)25(32,33)34/h6-7,11,40H,8-10H2,1-5H3,(H,35,38)/t11-,22?/m0/s1. The highest BCUT2D eigenvalue weighted by Gasteiger charge is 2.69. The van der Waals surface area contributed by atoms with Crippen molar-refractivity contribution in [2.75, 3.05) is 13.1 Å². The molecule has 2 atom stereocenters. The summed E-state index contributed by atoms with van der Waals surface area (Å²) in [6.45, 7) is 5.09. The lowest BCUT2D eigenvalue weighted by atomic mass is 9.80. The van der Waals surface area contributed by atoms with Crippen molar-refractivity contribution in [1.82, 2.24) is 15.2 Å². The maximum absolute atomic E-state index is 14.7. The Morgan fingerprint density at radius 1 is 1.12 bits per heavy atom. The monoisotopic (exact) mass is 651 g/mol. The van der Waals surface area contributed by atoms with Crippen LogP contribution in [0.4, 0.5) is 30.7 Å². The molecule has 2 aromatic rings. The predicted octanol–water partition coefficient (Wildman–Crippen LogP) is 6.96. The molecule has 1 unspecified atom stereocenters. The fraction of sp³-hybridized carbons (Fsp3) is 0.560. The number of nitrogens with zero attached hydrogens (tertiary/aromatic N) is 2. The molecule has 1 aromatic heterocycles. The minimum Gasteiger partial charge on any atom is -0.389 e. The minimum absolute atomic E-state index is 0.00805. The molecule has 41 heavy (non-hydrogen) atoms. The zero-order chi connectivity index (χ0) is 31.5. The number of hydrogen-bond acceptors (Lipinski definition) is 5. The third-order valence-electron chi connectivity index (χ3n) is 6.72. The number of alkyl halides is 7. The molecule has 228 valence electrons. The van der Waals surface area contributed by atoms with E-state index in [1.807, 2.05) is 0 Å². The van der Waals surface area contributed by atoms with E-state index in [4.69, 9.17) is 23.2 Å².